The highest BCUT2D eigenvalue weighted by molar-refractivity contribution is 7.91. The lowest BCUT2D eigenvalue weighted by molar-refractivity contribution is -0.159. The molecule has 2 aromatic rings. The van der Waals surface area contributed by atoms with Gasteiger partial charge in [0, 0.05) is 25.9 Å². The molecule has 2 aliphatic heterocycles. The van der Waals surface area contributed by atoms with Gasteiger partial charge in [-0.05, 0) is 73.9 Å². The van der Waals surface area contributed by atoms with Crippen LogP contribution in [-0.4, -0.2) is 66.7 Å². The standard InChI is InChI=1S/C28H35NO7S/c1-18-14-20(8-9-23(18)21-6-5-7-22(15-21)34-4)19-10-12-29(13-11-19)37(32,33)28(26(30)31)16-24-25(17-28)36-27(2,3)35-24/h5-9,14-15,19,24-25H,10-13,16-17H2,1-4H3,(H,30,31). The second-order valence-corrected chi connectivity index (χ2v) is 13.2. The minimum Gasteiger partial charge on any atom is -0.497 e. The minimum absolute atomic E-state index is 0.0936. The fourth-order valence-electron chi connectivity index (χ4n) is 6.22. The first-order chi connectivity index (χ1) is 17.5. The highest BCUT2D eigenvalue weighted by Crippen LogP contribution is 2.48. The second-order valence-electron chi connectivity index (χ2n) is 10.9. The van der Waals surface area contributed by atoms with Gasteiger partial charge in [0.05, 0.1) is 19.3 Å². The van der Waals surface area contributed by atoms with Crippen molar-refractivity contribution in [2.45, 2.75) is 75.1 Å². The van der Waals surface area contributed by atoms with Crippen molar-refractivity contribution >= 4 is 16.0 Å². The zero-order valence-corrected chi connectivity index (χ0v) is 22.6. The zero-order valence-electron chi connectivity index (χ0n) is 21.8. The molecule has 0 radical (unpaired) electrons. The fraction of sp³-hybridized carbons (Fsp3) is 0.536. The highest BCUT2D eigenvalue weighted by atomic mass is 32.2. The van der Waals surface area contributed by atoms with Crippen LogP contribution in [0.25, 0.3) is 11.1 Å². The average molecular weight is 530 g/mol. The number of aliphatic carboxylic acids is 1. The third-order valence-electron chi connectivity index (χ3n) is 8.13. The van der Waals surface area contributed by atoms with Crippen LogP contribution in [0, 0.1) is 6.92 Å². The van der Waals surface area contributed by atoms with Crippen LogP contribution in [0.3, 0.4) is 0 Å². The van der Waals surface area contributed by atoms with Crippen LogP contribution in [0.1, 0.15) is 56.6 Å². The van der Waals surface area contributed by atoms with E-state index in [0.717, 1.165) is 22.4 Å². The van der Waals surface area contributed by atoms with Gasteiger partial charge in [-0.25, -0.2) is 12.7 Å². The summed E-state index contributed by atoms with van der Waals surface area (Å²) < 4.78 is 43.9. The molecule has 3 aliphatic rings. The first-order valence-corrected chi connectivity index (χ1v) is 14.2. The van der Waals surface area contributed by atoms with Crippen LogP contribution < -0.4 is 4.74 Å². The maximum absolute atomic E-state index is 13.7. The smallest absolute Gasteiger partial charge is 0.326 e. The molecule has 3 fully saturated rings. The summed E-state index contributed by atoms with van der Waals surface area (Å²) in [5.74, 6) is -1.14. The van der Waals surface area contributed by atoms with E-state index in [9.17, 15) is 18.3 Å². The van der Waals surface area contributed by atoms with Gasteiger partial charge in [0.2, 0.25) is 10.0 Å². The zero-order chi connectivity index (χ0) is 26.6. The summed E-state index contributed by atoms with van der Waals surface area (Å²) in [7, 11) is -2.45. The van der Waals surface area contributed by atoms with Crippen molar-refractivity contribution in [1.29, 1.82) is 0 Å². The summed E-state index contributed by atoms with van der Waals surface area (Å²) in [5.41, 5.74) is 4.53. The first kappa shape index (κ1) is 26.2. The van der Waals surface area contributed by atoms with Crippen molar-refractivity contribution in [2.24, 2.45) is 0 Å². The van der Waals surface area contributed by atoms with Gasteiger partial charge in [-0.3, -0.25) is 4.79 Å². The summed E-state index contributed by atoms with van der Waals surface area (Å²) >= 11 is 0. The molecule has 0 aromatic heterocycles. The van der Waals surface area contributed by atoms with Crippen molar-refractivity contribution in [3.8, 4) is 16.9 Å². The lowest BCUT2D eigenvalue weighted by Crippen LogP contribution is -2.54. The molecule has 0 amide bonds. The summed E-state index contributed by atoms with van der Waals surface area (Å²) in [6.07, 6.45) is 0.0150. The number of carbonyl (C=O) groups is 1. The quantitative estimate of drug-likeness (QED) is 0.595. The average Bonchev–Trinajstić information content (AvgIpc) is 3.36. The van der Waals surface area contributed by atoms with Gasteiger partial charge >= 0.3 is 5.97 Å². The van der Waals surface area contributed by atoms with Gasteiger partial charge in [0.25, 0.3) is 0 Å². The van der Waals surface area contributed by atoms with Crippen molar-refractivity contribution in [1.82, 2.24) is 4.31 Å². The topological polar surface area (TPSA) is 102 Å². The van der Waals surface area contributed by atoms with Crippen molar-refractivity contribution in [3.05, 3.63) is 53.6 Å². The van der Waals surface area contributed by atoms with Crippen LogP contribution in [0.15, 0.2) is 42.5 Å². The molecule has 0 spiro atoms. The predicted molar refractivity (Wildman–Crippen MR) is 139 cm³/mol. The number of fused-ring (bicyclic) bond motifs is 1. The summed E-state index contributed by atoms with van der Waals surface area (Å²) in [5, 5.41) is 10.1. The molecule has 2 atom stereocenters. The molecule has 200 valence electrons. The number of carboxylic acid groups (broad SMARTS) is 1. The SMILES string of the molecule is COc1cccc(-c2ccc(C3CCN(S(=O)(=O)C4(C(=O)O)CC5OC(C)(C)OC5C4)CC3)cc2C)c1. The van der Waals surface area contributed by atoms with E-state index in [-0.39, 0.29) is 18.8 Å². The monoisotopic (exact) mass is 529 g/mol. The van der Waals surface area contributed by atoms with Gasteiger partial charge in [0.1, 0.15) is 5.75 Å². The number of benzene rings is 2. The van der Waals surface area contributed by atoms with E-state index >= 15 is 0 Å². The minimum atomic E-state index is -4.10. The second kappa shape index (κ2) is 9.38. The molecule has 2 aromatic carbocycles. The molecular formula is C28H35NO7S. The molecule has 1 aliphatic carbocycles. The fourth-order valence-corrected chi connectivity index (χ4v) is 8.37. The van der Waals surface area contributed by atoms with Crippen LogP contribution in [-0.2, 0) is 24.3 Å². The number of nitrogens with zero attached hydrogens (tertiary/aromatic N) is 1. The van der Waals surface area contributed by atoms with Crippen LogP contribution >= 0.6 is 0 Å². The predicted octanol–water partition coefficient (Wildman–Crippen LogP) is 4.32. The third-order valence-corrected chi connectivity index (χ3v) is 10.7. The van der Waals surface area contributed by atoms with Crippen molar-refractivity contribution in [2.75, 3.05) is 20.2 Å². The van der Waals surface area contributed by atoms with Gasteiger partial charge in [0.15, 0.2) is 10.5 Å². The Morgan fingerprint density at radius 1 is 1.05 bits per heavy atom. The molecular weight excluding hydrogens is 494 g/mol. The molecule has 8 nitrogen and oxygen atoms in total. The summed E-state index contributed by atoms with van der Waals surface area (Å²) in [4.78, 5) is 12.4. The number of aryl methyl sites for hydroxylation is 1. The number of hydrogen-bond acceptors (Lipinski definition) is 6. The van der Waals surface area contributed by atoms with Gasteiger partial charge < -0.3 is 19.3 Å². The van der Waals surface area contributed by atoms with E-state index < -0.39 is 38.7 Å². The molecule has 0 bridgehead atoms. The van der Waals surface area contributed by atoms with Crippen LogP contribution in [0.5, 0.6) is 5.75 Å². The van der Waals surface area contributed by atoms with Crippen LogP contribution in [0.2, 0.25) is 0 Å². The number of piperidine rings is 1. The number of rotatable bonds is 6. The van der Waals surface area contributed by atoms with Gasteiger partial charge in [-0.1, -0.05) is 30.3 Å². The number of sulfonamides is 1. The molecule has 5 rings (SSSR count). The molecule has 2 unspecified atom stereocenters. The van der Waals surface area contributed by atoms with E-state index in [2.05, 4.69) is 31.2 Å². The maximum Gasteiger partial charge on any atom is 0.326 e. The van der Waals surface area contributed by atoms with E-state index in [0.29, 0.717) is 25.9 Å². The maximum atomic E-state index is 13.7. The van der Waals surface area contributed by atoms with Crippen molar-refractivity contribution < 1.29 is 32.5 Å². The largest absolute Gasteiger partial charge is 0.497 e. The van der Waals surface area contributed by atoms with Crippen molar-refractivity contribution in [3.63, 3.8) is 0 Å². The molecule has 2 saturated heterocycles. The number of carboxylic acids is 1. The molecule has 2 heterocycles. The Labute approximate surface area is 218 Å². The van der Waals surface area contributed by atoms with Gasteiger partial charge in [-0.15, -0.1) is 0 Å². The molecule has 9 heteroatoms. The molecule has 1 saturated carbocycles. The summed E-state index contributed by atoms with van der Waals surface area (Å²) in [6, 6.07) is 14.4. The Morgan fingerprint density at radius 2 is 1.70 bits per heavy atom. The Kier molecular flexibility index (Phi) is 6.63. The molecule has 1 N–H and O–H groups in total. The first-order valence-electron chi connectivity index (χ1n) is 12.8. The van der Waals surface area contributed by atoms with Gasteiger partial charge in [-0.2, -0.15) is 0 Å². The third kappa shape index (κ3) is 4.56. The normalized spacial score (nSPS) is 28.2. The lowest BCUT2D eigenvalue weighted by Gasteiger charge is -2.37. The van der Waals surface area contributed by atoms with E-state index in [1.165, 1.54) is 9.87 Å². The van der Waals surface area contributed by atoms with Crippen LogP contribution in [0.4, 0.5) is 0 Å². The number of hydrogen-bond donors (Lipinski definition) is 1. The van der Waals surface area contributed by atoms with E-state index in [1.54, 1.807) is 21.0 Å². The Bertz CT molecular complexity index is 1280. The lowest BCUT2D eigenvalue weighted by atomic mass is 9.87. The highest BCUT2D eigenvalue weighted by Gasteiger charge is 2.65. The Hall–Kier alpha value is -2.46. The summed E-state index contributed by atoms with van der Waals surface area (Å²) in [6.45, 7) is 6.19. The molecule has 37 heavy (non-hydrogen) atoms. The number of ether oxygens (including phenoxy) is 3. The van der Waals surface area contributed by atoms with E-state index in [4.69, 9.17) is 14.2 Å². The number of methoxy groups -OCH3 is 1. The van der Waals surface area contributed by atoms with E-state index in [1.807, 2.05) is 18.2 Å². The Morgan fingerprint density at radius 3 is 2.27 bits per heavy atom. The Balaban J connectivity index is 1.30.